The molecular weight excluding hydrogens is 385 g/mol. The van der Waals surface area contributed by atoms with Crippen LogP contribution in [0.15, 0.2) is 24.3 Å². The van der Waals surface area contributed by atoms with Crippen molar-refractivity contribution in [2.75, 3.05) is 0 Å². The van der Waals surface area contributed by atoms with E-state index in [-0.39, 0.29) is 23.6 Å². The van der Waals surface area contributed by atoms with Crippen molar-refractivity contribution in [3.8, 4) is 0 Å². The average Bonchev–Trinajstić information content (AvgIpc) is 2.65. The SMILES string of the molecule is O[C@@]12CCCC[C@H]1C1(CCCCC1)NC(=S)N2Cc1ccccc1C(F)(F)F. The molecule has 7 heteroatoms. The molecule has 3 aliphatic rings. The lowest BCUT2D eigenvalue weighted by Crippen LogP contribution is -2.75. The number of nitrogens with zero attached hydrogens (tertiary/aromatic N) is 1. The first-order chi connectivity index (χ1) is 13.3. The predicted molar refractivity (Wildman–Crippen MR) is 105 cm³/mol. The van der Waals surface area contributed by atoms with E-state index in [0.717, 1.165) is 51.0 Å². The molecule has 4 rings (SSSR count). The first-order valence-electron chi connectivity index (χ1n) is 10.2. The van der Waals surface area contributed by atoms with Crippen LogP contribution < -0.4 is 5.32 Å². The van der Waals surface area contributed by atoms with Crippen LogP contribution in [0.2, 0.25) is 0 Å². The normalized spacial score (nSPS) is 30.1. The second kappa shape index (κ2) is 7.17. The van der Waals surface area contributed by atoms with Crippen LogP contribution in [0, 0.1) is 5.92 Å². The largest absolute Gasteiger partial charge is 0.416 e. The predicted octanol–water partition coefficient (Wildman–Crippen LogP) is 4.98. The molecule has 154 valence electrons. The highest BCUT2D eigenvalue weighted by Crippen LogP contribution is 2.51. The molecule has 2 atom stereocenters. The highest BCUT2D eigenvalue weighted by atomic mass is 32.1. The van der Waals surface area contributed by atoms with Gasteiger partial charge >= 0.3 is 6.18 Å². The number of rotatable bonds is 2. The monoisotopic (exact) mass is 412 g/mol. The fourth-order valence-corrected chi connectivity index (χ4v) is 6.12. The zero-order chi connectivity index (χ0) is 20.0. The van der Waals surface area contributed by atoms with Crippen molar-refractivity contribution in [3.63, 3.8) is 0 Å². The standard InChI is InChI=1S/C21H27F3N2OS/c22-21(23,24)16-9-3-2-8-15(16)14-26-18(28)25-19(11-5-1-6-12-19)17-10-4-7-13-20(17,26)27/h2-3,8-9,17,27H,1,4-7,10-14H2,(H,25,28)/t17-,20-/m0/s1. The molecule has 2 aliphatic carbocycles. The van der Waals surface area contributed by atoms with Gasteiger partial charge in [0.2, 0.25) is 0 Å². The Bertz CT molecular complexity index is 747. The number of hydrogen-bond acceptors (Lipinski definition) is 2. The maximum Gasteiger partial charge on any atom is 0.416 e. The lowest BCUT2D eigenvalue weighted by atomic mass is 9.62. The van der Waals surface area contributed by atoms with Crippen molar-refractivity contribution < 1.29 is 18.3 Å². The maximum atomic E-state index is 13.5. The Hall–Kier alpha value is -1.34. The Labute approximate surface area is 169 Å². The molecule has 0 unspecified atom stereocenters. The van der Waals surface area contributed by atoms with E-state index >= 15 is 0 Å². The smallest absolute Gasteiger partial charge is 0.370 e. The molecule has 0 amide bonds. The van der Waals surface area contributed by atoms with Crippen LogP contribution in [0.5, 0.6) is 0 Å². The van der Waals surface area contributed by atoms with Crippen molar-refractivity contribution in [3.05, 3.63) is 35.4 Å². The summed E-state index contributed by atoms with van der Waals surface area (Å²) >= 11 is 5.63. The van der Waals surface area contributed by atoms with Crippen molar-refractivity contribution in [1.82, 2.24) is 10.2 Å². The number of nitrogens with one attached hydrogen (secondary N) is 1. The molecule has 1 aromatic carbocycles. The van der Waals surface area contributed by atoms with Gasteiger partial charge in [-0.1, -0.05) is 43.9 Å². The number of hydrogen-bond donors (Lipinski definition) is 2. The summed E-state index contributed by atoms with van der Waals surface area (Å²) in [6.45, 7) is -0.0371. The Morgan fingerprint density at radius 1 is 1.07 bits per heavy atom. The molecule has 2 saturated carbocycles. The van der Waals surface area contributed by atoms with Crippen molar-refractivity contribution in [2.24, 2.45) is 5.92 Å². The average molecular weight is 413 g/mol. The third-order valence-corrected chi connectivity index (χ3v) is 7.30. The lowest BCUT2D eigenvalue weighted by molar-refractivity contribution is -0.185. The summed E-state index contributed by atoms with van der Waals surface area (Å²) in [5.41, 5.74) is -1.91. The van der Waals surface area contributed by atoms with Gasteiger partial charge in [-0.25, -0.2) is 0 Å². The van der Waals surface area contributed by atoms with Gasteiger partial charge in [0, 0.05) is 18.0 Å². The summed E-state index contributed by atoms with van der Waals surface area (Å²) in [5, 5.41) is 15.7. The van der Waals surface area contributed by atoms with Crippen LogP contribution in [-0.4, -0.2) is 26.4 Å². The van der Waals surface area contributed by atoms with Gasteiger partial charge in [-0.15, -0.1) is 0 Å². The van der Waals surface area contributed by atoms with E-state index in [1.165, 1.54) is 18.6 Å². The fourth-order valence-electron chi connectivity index (χ4n) is 5.69. The number of alkyl halides is 3. The Kier molecular flexibility index (Phi) is 5.11. The highest BCUT2D eigenvalue weighted by molar-refractivity contribution is 7.80. The molecule has 2 N–H and O–H groups in total. The van der Waals surface area contributed by atoms with Gasteiger partial charge in [0.15, 0.2) is 5.11 Å². The van der Waals surface area contributed by atoms with E-state index in [9.17, 15) is 18.3 Å². The molecule has 0 radical (unpaired) electrons. The Morgan fingerprint density at radius 2 is 1.75 bits per heavy atom. The first kappa shape index (κ1) is 20.0. The zero-order valence-corrected chi connectivity index (χ0v) is 16.7. The summed E-state index contributed by atoms with van der Waals surface area (Å²) in [7, 11) is 0. The fraction of sp³-hybridized carbons (Fsp3) is 0.667. The third-order valence-electron chi connectivity index (χ3n) is 6.98. The molecule has 3 fully saturated rings. The van der Waals surface area contributed by atoms with Crippen LogP contribution in [0.25, 0.3) is 0 Å². The van der Waals surface area contributed by atoms with Crippen LogP contribution in [0.4, 0.5) is 13.2 Å². The first-order valence-corrected chi connectivity index (χ1v) is 10.6. The van der Waals surface area contributed by atoms with E-state index < -0.39 is 17.5 Å². The number of thiocarbonyl (C=S) groups is 1. The molecule has 3 nitrogen and oxygen atoms in total. The van der Waals surface area contributed by atoms with Gasteiger partial charge in [0.1, 0.15) is 5.72 Å². The van der Waals surface area contributed by atoms with Crippen LogP contribution in [0.1, 0.15) is 68.9 Å². The molecule has 1 spiro atoms. The molecule has 1 aromatic rings. The molecule has 1 aliphatic heterocycles. The second-order valence-corrected chi connectivity index (χ2v) is 8.95. The highest BCUT2D eigenvalue weighted by Gasteiger charge is 2.58. The number of fused-ring (bicyclic) bond motifs is 2. The Morgan fingerprint density at radius 3 is 2.46 bits per heavy atom. The molecule has 0 aromatic heterocycles. The topological polar surface area (TPSA) is 35.5 Å². The van der Waals surface area contributed by atoms with Gasteiger partial charge in [-0.2, -0.15) is 13.2 Å². The van der Waals surface area contributed by atoms with E-state index in [0.29, 0.717) is 11.5 Å². The number of halogens is 3. The lowest BCUT2D eigenvalue weighted by Gasteiger charge is -2.61. The molecule has 1 heterocycles. The van der Waals surface area contributed by atoms with Gasteiger partial charge < -0.3 is 15.3 Å². The van der Waals surface area contributed by atoms with E-state index in [1.54, 1.807) is 11.0 Å². The van der Waals surface area contributed by atoms with Crippen molar-refractivity contribution in [1.29, 1.82) is 0 Å². The number of aliphatic hydroxyl groups is 1. The van der Waals surface area contributed by atoms with Crippen LogP contribution in [-0.2, 0) is 12.7 Å². The van der Waals surface area contributed by atoms with Crippen LogP contribution >= 0.6 is 12.2 Å². The van der Waals surface area contributed by atoms with E-state index in [1.807, 2.05) is 0 Å². The van der Waals surface area contributed by atoms with Gasteiger partial charge in [0.25, 0.3) is 0 Å². The van der Waals surface area contributed by atoms with Gasteiger partial charge in [0.05, 0.1) is 5.56 Å². The minimum Gasteiger partial charge on any atom is -0.370 e. The minimum atomic E-state index is -4.43. The zero-order valence-electron chi connectivity index (χ0n) is 15.9. The second-order valence-electron chi connectivity index (χ2n) is 8.56. The summed E-state index contributed by atoms with van der Waals surface area (Å²) in [6.07, 6.45) is 4.21. The molecular formula is C21H27F3N2OS. The third kappa shape index (κ3) is 3.30. The summed E-state index contributed by atoms with van der Waals surface area (Å²) < 4.78 is 40.5. The van der Waals surface area contributed by atoms with E-state index in [2.05, 4.69) is 5.32 Å². The van der Waals surface area contributed by atoms with Crippen molar-refractivity contribution >= 4 is 17.3 Å². The minimum absolute atomic E-state index is 0.0150. The molecule has 1 saturated heterocycles. The molecule has 28 heavy (non-hydrogen) atoms. The molecule has 0 bridgehead atoms. The van der Waals surface area contributed by atoms with Crippen molar-refractivity contribution in [2.45, 2.75) is 81.8 Å². The number of benzene rings is 1. The van der Waals surface area contributed by atoms with E-state index in [4.69, 9.17) is 12.2 Å². The quantitative estimate of drug-likeness (QED) is 0.672. The Balaban J connectivity index is 1.70. The summed E-state index contributed by atoms with van der Waals surface area (Å²) in [6, 6.07) is 5.59. The van der Waals surface area contributed by atoms with Crippen LogP contribution in [0.3, 0.4) is 0 Å². The van der Waals surface area contributed by atoms with Gasteiger partial charge in [-0.3, -0.25) is 0 Å². The maximum absolute atomic E-state index is 13.5. The van der Waals surface area contributed by atoms with Gasteiger partial charge in [-0.05, 0) is 56.0 Å². The summed E-state index contributed by atoms with van der Waals surface area (Å²) in [4.78, 5) is 1.64. The summed E-state index contributed by atoms with van der Waals surface area (Å²) in [5.74, 6) is -0.0150.